The SMILES string of the molecule is CC(=Cc1cc(C)c(-c2ccc(N)cc2)cc1C)C(=O)NCc1ccccc1. The number of anilines is 1. The maximum absolute atomic E-state index is 12.4. The van der Waals surface area contributed by atoms with Gasteiger partial charge in [-0.05, 0) is 72.4 Å². The lowest BCUT2D eigenvalue weighted by molar-refractivity contribution is -0.117. The summed E-state index contributed by atoms with van der Waals surface area (Å²) in [6.07, 6.45) is 1.95. The van der Waals surface area contributed by atoms with Crippen molar-refractivity contribution in [2.75, 3.05) is 5.73 Å². The first-order chi connectivity index (χ1) is 13.4. The molecule has 28 heavy (non-hydrogen) atoms. The highest BCUT2D eigenvalue weighted by molar-refractivity contribution is 5.97. The van der Waals surface area contributed by atoms with Crippen LogP contribution >= 0.6 is 0 Å². The van der Waals surface area contributed by atoms with E-state index in [1.54, 1.807) is 0 Å². The van der Waals surface area contributed by atoms with Gasteiger partial charge in [-0.15, -0.1) is 0 Å². The number of nitrogens with two attached hydrogens (primary N) is 1. The van der Waals surface area contributed by atoms with Gasteiger partial charge < -0.3 is 11.1 Å². The largest absolute Gasteiger partial charge is 0.399 e. The van der Waals surface area contributed by atoms with Crippen LogP contribution in [0.25, 0.3) is 17.2 Å². The van der Waals surface area contributed by atoms with Crippen molar-refractivity contribution in [2.24, 2.45) is 0 Å². The van der Waals surface area contributed by atoms with Gasteiger partial charge in [-0.3, -0.25) is 4.79 Å². The van der Waals surface area contributed by atoms with Gasteiger partial charge in [0.1, 0.15) is 0 Å². The van der Waals surface area contributed by atoms with Gasteiger partial charge in [0.2, 0.25) is 5.91 Å². The summed E-state index contributed by atoms with van der Waals surface area (Å²) in [5.41, 5.74) is 14.0. The van der Waals surface area contributed by atoms with Gasteiger partial charge in [-0.2, -0.15) is 0 Å². The highest BCUT2D eigenvalue weighted by Gasteiger charge is 2.09. The molecule has 3 aromatic rings. The maximum Gasteiger partial charge on any atom is 0.247 e. The van der Waals surface area contributed by atoms with Crippen molar-refractivity contribution < 1.29 is 4.79 Å². The first-order valence-corrected chi connectivity index (χ1v) is 9.41. The van der Waals surface area contributed by atoms with Gasteiger partial charge >= 0.3 is 0 Å². The zero-order valence-corrected chi connectivity index (χ0v) is 16.6. The number of hydrogen-bond acceptors (Lipinski definition) is 2. The van der Waals surface area contributed by atoms with E-state index in [9.17, 15) is 4.79 Å². The molecular weight excluding hydrogens is 344 g/mol. The number of hydrogen-bond donors (Lipinski definition) is 2. The predicted molar refractivity (Wildman–Crippen MR) is 118 cm³/mol. The highest BCUT2D eigenvalue weighted by Crippen LogP contribution is 2.28. The predicted octanol–water partition coefficient (Wildman–Crippen LogP) is 5.27. The van der Waals surface area contributed by atoms with E-state index in [2.05, 4.69) is 31.3 Å². The molecule has 0 aliphatic heterocycles. The maximum atomic E-state index is 12.4. The summed E-state index contributed by atoms with van der Waals surface area (Å²) in [6.45, 7) is 6.54. The molecule has 0 atom stereocenters. The van der Waals surface area contributed by atoms with Crippen molar-refractivity contribution in [3.63, 3.8) is 0 Å². The Morgan fingerprint density at radius 1 is 0.964 bits per heavy atom. The van der Waals surface area contributed by atoms with E-state index >= 15 is 0 Å². The molecule has 0 aromatic heterocycles. The molecule has 0 aliphatic rings. The minimum Gasteiger partial charge on any atom is -0.399 e. The van der Waals surface area contributed by atoms with Crippen LogP contribution in [0.3, 0.4) is 0 Å². The quantitative estimate of drug-likeness (QED) is 0.475. The van der Waals surface area contributed by atoms with Crippen LogP contribution in [0.4, 0.5) is 5.69 Å². The summed E-state index contributed by atoms with van der Waals surface area (Å²) in [4.78, 5) is 12.4. The smallest absolute Gasteiger partial charge is 0.247 e. The van der Waals surface area contributed by atoms with Crippen LogP contribution in [-0.2, 0) is 11.3 Å². The molecule has 3 nitrogen and oxygen atoms in total. The second-order valence-corrected chi connectivity index (χ2v) is 7.14. The summed E-state index contributed by atoms with van der Waals surface area (Å²) in [5.74, 6) is -0.0523. The monoisotopic (exact) mass is 370 g/mol. The number of amides is 1. The van der Waals surface area contributed by atoms with E-state index in [4.69, 9.17) is 5.73 Å². The van der Waals surface area contributed by atoms with E-state index < -0.39 is 0 Å². The number of carbonyl (C=O) groups is 1. The fraction of sp³-hybridized carbons (Fsp3) is 0.160. The lowest BCUT2D eigenvalue weighted by Crippen LogP contribution is -2.23. The molecule has 3 heteroatoms. The van der Waals surface area contributed by atoms with E-state index in [0.29, 0.717) is 12.1 Å². The standard InChI is InChI=1S/C25H26N2O/c1-17-15-24(21-9-11-23(26)12-10-21)18(2)13-22(17)14-19(3)25(28)27-16-20-7-5-4-6-8-20/h4-15H,16,26H2,1-3H3,(H,27,28). The van der Waals surface area contributed by atoms with Crippen molar-refractivity contribution in [2.45, 2.75) is 27.3 Å². The van der Waals surface area contributed by atoms with Crippen LogP contribution in [-0.4, -0.2) is 5.91 Å². The Labute approximate surface area is 166 Å². The molecule has 0 saturated carbocycles. The van der Waals surface area contributed by atoms with Gasteiger partial charge in [-0.25, -0.2) is 0 Å². The molecule has 1 amide bonds. The molecule has 0 radical (unpaired) electrons. The fourth-order valence-electron chi connectivity index (χ4n) is 3.18. The molecule has 3 aromatic carbocycles. The third-order valence-corrected chi connectivity index (χ3v) is 4.86. The Morgan fingerprint density at radius 3 is 2.32 bits per heavy atom. The van der Waals surface area contributed by atoms with Crippen molar-refractivity contribution in [1.82, 2.24) is 5.32 Å². The second kappa shape index (κ2) is 8.57. The summed E-state index contributed by atoms with van der Waals surface area (Å²) in [5, 5.41) is 2.98. The van der Waals surface area contributed by atoms with E-state index in [-0.39, 0.29) is 5.91 Å². The minimum absolute atomic E-state index is 0.0523. The normalized spacial score (nSPS) is 11.3. The number of aryl methyl sites for hydroxylation is 2. The van der Waals surface area contributed by atoms with Crippen LogP contribution in [0.2, 0.25) is 0 Å². The molecule has 0 bridgehead atoms. The van der Waals surface area contributed by atoms with Crippen LogP contribution in [0.15, 0.2) is 72.3 Å². The lowest BCUT2D eigenvalue weighted by atomic mass is 9.94. The van der Waals surface area contributed by atoms with Crippen LogP contribution < -0.4 is 11.1 Å². The third kappa shape index (κ3) is 4.68. The Balaban J connectivity index is 1.78. The second-order valence-electron chi connectivity index (χ2n) is 7.14. The summed E-state index contributed by atoms with van der Waals surface area (Å²) >= 11 is 0. The van der Waals surface area contributed by atoms with Gasteiger partial charge in [0, 0.05) is 17.8 Å². The zero-order chi connectivity index (χ0) is 20.1. The number of rotatable bonds is 5. The van der Waals surface area contributed by atoms with Gasteiger partial charge in [-0.1, -0.05) is 54.6 Å². The van der Waals surface area contributed by atoms with Crippen molar-refractivity contribution in [3.8, 4) is 11.1 Å². The van der Waals surface area contributed by atoms with E-state index in [1.807, 2.05) is 67.6 Å². The van der Waals surface area contributed by atoms with Crippen molar-refractivity contribution in [1.29, 1.82) is 0 Å². The van der Waals surface area contributed by atoms with E-state index in [0.717, 1.165) is 27.9 Å². The van der Waals surface area contributed by atoms with Crippen molar-refractivity contribution in [3.05, 3.63) is 94.6 Å². The molecule has 0 aliphatic carbocycles. The molecular formula is C25H26N2O. The van der Waals surface area contributed by atoms with E-state index in [1.165, 1.54) is 11.1 Å². The summed E-state index contributed by atoms with van der Waals surface area (Å²) in [7, 11) is 0. The van der Waals surface area contributed by atoms with Crippen LogP contribution in [0.1, 0.15) is 29.2 Å². The van der Waals surface area contributed by atoms with Gasteiger partial charge in [0.15, 0.2) is 0 Å². The molecule has 3 rings (SSSR count). The molecule has 0 spiro atoms. The molecule has 0 unspecified atom stereocenters. The highest BCUT2D eigenvalue weighted by atomic mass is 16.1. The summed E-state index contributed by atoms with van der Waals surface area (Å²) < 4.78 is 0. The molecule has 3 N–H and O–H groups in total. The number of benzene rings is 3. The minimum atomic E-state index is -0.0523. The molecule has 0 fully saturated rings. The number of nitrogens with one attached hydrogen (secondary N) is 1. The Hall–Kier alpha value is -3.33. The third-order valence-electron chi connectivity index (χ3n) is 4.86. The molecule has 142 valence electrons. The average molecular weight is 370 g/mol. The first kappa shape index (κ1) is 19.4. The Morgan fingerprint density at radius 2 is 1.64 bits per heavy atom. The molecule has 0 heterocycles. The number of nitrogen functional groups attached to an aromatic ring is 1. The van der Waals surface area contributed by atoms with Crippen LogP contribution in [0.5, 0.6) is 0 Å². The summed E-state index contributed by atoms with van der Waals surface area (Å²) in [6, 6.07) is 22.1. The number of carbonyl (C=O) groups excluding carboxylic acids is 1. The van der Waals surface area contributed by atoms with Gasteiger partial charge in [0.05, 0.1) is 0 Å². The first-order valence-electron chi connectivity index (χ1n) is 9.41. The lowest BCUT2D eigenvalue weighted by Gasteiger charge is -2.12. The Kier molecular flexibility index (Phi) is 5.95. The fourth-order valence-corrected chi connectivity index (χ4v) is 3.18. The van der Waals surface area contributed by atoms with Crippen molar-refractivity contribution >= 4 is 17.7 Å². The van der Waals surface area contributed by atoms with Gasteiger partial charge in [0.25, 0.3) is 0 Å². The molecule has 0 saturated heterocycles. The zero-order valence-electron chi connectivity index (χ0n) is 16.6. The topological polar surface area (TPSA) is 55.1 Å². The average Bonchev–Trinajstić information content (AvgIpc) is 2.70. The Bertz CT molecular complexity index is 1000. The van der Waals surface area contributed by atoms with Crippen LogP contribution in [0, 0.1) is 13.8 Å².